The highest BCUT2D eigenvalue weighted by atomic mass is 16.5. The van der Waals surface area contributed by atoms with Crippen LogP contribution in [0.2, 0.25) is 0 Å². The van der Waals surface area contributed by atoms with Crippen LogP contribution in [0, 0.1) is 6.92 Å². The van der Waals surface area contributed by atoms with Crippen LogP contribution in [0.1, 0.15) is 18.2 Å². The molecule has 1 heterocycles. The first-order valence-electron chi connectivity index (χ1n) is 9.84. The van der Waals surface area contributed by atoms with E-state index in [1.165, 1.54) is 5.56 Å². The van der Waals surface area contributed by atoms with E-state index in [-0.39, 0.29) is 6.10 Å². The van der Waals surface area contributed by atoms with Crippen LogP contribution in [-0.4, -0.2) is 37.7 Å². The smallest absolute Gasteiger partial charge is 0.226 e. The second-order valence-corrected chi connectivity index (χ2v) is 6.92. The van der Waals surface area contributed by atoms with E-state index in [1.54, 1.807) is 20.4 Å². The molecule has 3 rings (SSSR count). The molecule has 1 aromatic heterocycles. The fraction of sp³-hybridized carbons (Fsp3) is 0.304. The minimum atomic E-state index is -0.0594. The fourth-order valence-electron chi connectivity index (χ4n) is 2.80. The zero-order chi connectivity index (χ0) is 21.3. The van der Waals surface area contributed by atoms with Crippen molar-refractivity contribution in [2.24, 2.45) is 4.99 Å². The van der Waals surface area contributed by atoms with Crippen molar-refractivity contribution in [1.82, 2.24) is 15.6 Å². The largest absolute Gasteiger partial charge is 0.497 e. The van der Waals surface area contributed by atoms with E-state index in [9.17, 15) is 0 Å². The van der Waals surface area contributed by atoms with Crippen molar-refractivity contribution >= 4 is 5.96 Å². The molecule has 2 aromatic carbocycles. The van der Waals surface area contributed by atoms with E-state index in [0.717, 1.165) is 22.8 Å². The molecule has 0 radical (unpaired) electrons. The Morgan fingerprint density at radius 2 is 1.90 bits per heavy atom. The van der Waals surface area contributed by atoms with E-state index in [4.69, 9.17) is 13.9 Å². The molecule has 7 heteroatoms. The summed E-state index contributed by atoms with van der Waals surface area (Å²) >= 11 is 0. The van der Waals surface area contributed by atoms with Crippen molar-refractivity contribution in [3.63, 3.8) is 0 Å². The van der Waals surface area contributed by atoms with E-state index in [2.05, 4.69) is 27.5 Å². The molecular weight excluding hydrogens is 380 g/mol. The number of hydrogen-bond donors (Lipinski definition) is 2. The van der Waals surface area contributed by atoms with Gasteiger partial charge in [-0.1, -0.05) is 23.8 Å². The van der Waals surface area contributed by atoms with E-state index in [0.29, 0.717) is 24.9 Å². The summed E-state index contributed by atoms with van der Waals surface area (Å²) in [6.07, 6.45) is 1.60. The molecule has 0 fully saturated rings. The summed E-state index contributed by atoms with van der Waals surface area (Å²) < 4.78 is 16.7. The molecule has 2 N–H and O–H groups in total. The first kappa shape index (κ1) is 21.2. The third-order valence-corrected chi connectivity index (χ3v) is 4.45. The first-order valence-corrected chi connectivity index (χ1v) is 9.84. The van der Waals surface area contributed by atoms with Gasteiger partial charge in [0.2, 0.25) is 5.89 Å². The SMILES string of the molecule is CN=C(NCc1coc(-c2ccc(C)cc2)n1)NCC(C)Oc1cccc(OC)c1. The lowest BCUT2D eigenvalue weighted by Gasteiger charge is -2.17. The van der Waals surface area contributed by atoms with Crippen LogP contribution in [0.4, 0.5) is 0 Å². The minimum Gasteiger partial charge on any atom is -0.497 e. The van der Waals surface area contributed by atoms with Gasteiger partial charge in [0, 0.05) is 18.7 Å². The predicted octanol–water partition coefficient (Wildman–Crippen LogP) is 3.79. The van der Waals surface area contributed by atoms with Crippen molar-refractivity contribution < 1.29 is 13.9 Å². The lowest BCUT2D eigenvalue weighted by molar-refractivity contribution is 0.223. The number of hydrogen-bond acceptors (Lipinski definition) is 5. The molecule has 0 bridgehead atoms. The monoisotopic (exact) mass is 408 g/mol. The van der Waals surface area contributed by atoms with E-state index < -0.39 is 0 Å². The lowest BCUT2D eigenvalue weighted by atomic mass is 10.1. The van der Waals surface area contributed by atoms with Gasteiger partial charge in [0.25, 0.3) is 0 Å². The van der Waals surface area contributed by atoms with Gasteiger partial charge in [0.05, 0.1) is 25.9 Å². The molecule has 0 saturated heterocycles. The highest BCUT2D eigenvalue weighted by Crippen LogP contribution is 2.20. The standard InChI is InChI=1S/C23H28N4O3/c1-16-8-10-18(11-9-16)22-27-19(15-29-22)14-26-23(24-3)25-13-17(2)30-21-7-5-6-20(12-21)28-4/h5-12,15,17H,13-14H2,1-4H3,(H2,24,25,26). The van der Waals surface area contributed by atoms with Crippen LogP contribution in [0.25, 0.3) is 11.5 Å². The van der Waals surface area contributed by atoms with Gasteiger partial charge >= 0.3 is 0 Å². The Balaban J connectivity index is 1.47. The van der Waals surface area contributed by atoms with Gasteiger partial charge in [-0.2, -0.15) is 0 Å². The van der Waals surface area contributed by atoms with Crippen molar-refractivity contribution in [2.45, 2.75) is 26.5 Å². The number of ether oxygens (including phenoxy) is 2. The highest BCUT2D eigenvalue weighted by molar-refractivity contribution is 5.79. The highest BCUT2D eigenvalue weighted by Gasteiger charge is 2.09. The summed E-state index contributed by atoms with van der Waals surface area (Å²) in [6, 6.07) is 15.6. The van der Waals surface area contributed by atoms with Gasteiger partial charge < -0.3 is 24.5 Å². The number of benzene rings is 2. The molecule has 158 valence electrons. The fourth-order valence-corrected chi connectivity index (χ4v) is 2.80. The van der Waals surface area contributed by atoms with Gasteiger partial charge in [-0.25, -0.2) is 4.98 Å². The number of aromatic nitrogens is 1. The summed E-state index contributed by atoms with van der Waals surface area (Å²) in [5, 5.41) is 6.50. The average molecular weight is 409 g/mol. The predicted molar refractivity (Wildman–Crippen MR) is 118 cm³/mol. The van der Waals surface area contributed by atoms with Crippen LogP contribution in [0.5, 0.6) is 11.5 Å². The van der Waals surface area contributed by atoms with Crippen LogP contribution in [-0.2, 0) is 6.54 Å². The van der Waals surface area contributed by atoms with Crippen LogP contribution in [0.3, 0.4) is 0 Å². The Hall–Kier alpha value is -3.48. The van der Waals surface area contributed by atoms with Gasteiger partial charge in [-0.15, -0.1) is 0 Å². The molecule has 3 aromatic rings. The Kier molecular flexibility index (Phi) is 7.32. The molecule has 7 nitrogen and oxygen atoms in total. The maximum atomic E-state index is 5.92. The van der Waals surface area contributed by atoms with E-state index >= 15 is 0 Å². The maximum absolute atomic E-state index is 5.92. The Morgan fingerprint density at radius 1 is 1.13 bits per heavy atom. The van der Waals surface area contributed by atoms with Crippen LogP contribution >= 0.6 is 0 Å². The van der Waals surface area contributed by atoms with Gasteiger partial charge in [-0.05, 0) is 38.1 Å². The molecule has 1 unspecified atom stereocenters. The number of aliphatic imine (C=N–C) groups is 1. The van der Waals surface area contributed by atoms with Crippen molar-refractivity contribution in [1.29, 1.82) is 0 Å². The second kappa shape index (κ2) is 10.3. The van der Waals surface area contributed by atoms with Gasteiger partial charge in [0.1, 0.15) is 23.9 Å². The number of methoxy groups -OCH3 is 1. The van der Waals surface area contributed by atoms with Crippen molar-refractivity contribution in [2.75, 3.05) is 20.7 Å². The van der Waals surface area contributed by atoms with E-state index in [1.807, 2.05) is 55.5 Å². The van der Waals surface area contributed by atoms with Crippen LogP contribution in [0.15, 0.2) is 64.2 Å². The third kappa shape index (κ3) is 6.01. The number of rotatable bonds is 8. The minimum absolute atomic E-state index is 0.0594. The summed E-state index contributed by atoms with van der Waals surface area (Å²) in [7, 11) is 3.36. The number of oxazole rings is 1. The molecule has 0 amide bonds. The number of guanidine groups is 1. The Labute approximate surface area is 177 Å². The Bertz CT molecular complexity index is 967. The van der Waals surface area contributed by atoms with Crippen molar-refractivity contribution in [3.8, 4) is 23.0 Å². The molecule has 0 aliphatic carbocycles. The second-order valence-electron chi connectivity index (χ2n) is 6.92. The number of nitrogens with one attached hydrogen (secondary N) is 2. The van der Waals surface area contributed by atoms with Gasteiger partial charge in [-0.3, -0.25) is 4.99 Å². The van der Waals surface area contributed by atoms with Crippen LogP contribution < -0.4 is 20.1 Å². The maximum Gasteiger partial charge on any atom is 0.226 e. The summed E-state index contributed by atoms with van der Waals surface area (Å²) in [5.41, 5.74) is 2.96. The number of aryl methyl sites for hydroxylation is 1. The molecule has 30 heavy (non-hydrogen) atoms. The quantitative estimate of drug-likeness (QED) is 0.436. The number of nitrogens with zero attached hydrogens (tertiary/aromatic N) is 2. The molecule has 0 aliphatic rings. The zero-order valence-electron chi connectivity index (χ0n) is 17.8. The first-order chi connectivity index (χ1) is 14.6. The van der Waals surface area contributed by atoms with Gasteiger partial charge in [0.15, 0.2) is 5.96 Å². The topological polar surface area (TPSA) is 80.9 Å². The molecule has 0 saturated carbocycles. The zero-order valence-corrected chi connectivity index (χ0v) is 17.8. The lowest BCUT2D eigenvalue weighted by Crippen LogP contribution is -2.41. The molecular formula is C23H28N4O3. The summed E-state index contributed by atoms with van der Waals surface area (Å²) in [6.45, 7) is 5.13. The molecule has 1 atom stereocenters. The normalized spacial score (nSPS) is 12.3. The third-order valence-electron chi connectivity index (χ3n) is 4.45. The Morgan fingerprint density at radius 3 is 2.63 bits per heavy atom. The average Bonchev–Trinajstić information content (AvgIpc) is 3.23. The van der Waals surface area contributed by atoms with Crippen molar-refractivity contribution in [3.05, 3.63) is 66.1 Å². The molecule has 0 aliphatic heterocycles. The summed E-state index contributed by atoms with van der Waals surface area (Å²) in [4.78, 5) is 8.78. The summed E-state index contributed by atoms with van der Waals surface area (Å²) in [5.74, 6) is 2.80. The molecule has 0 spiro atoms.